The number of para-hydroxylation sites is 1. The molecule has 0 bridgehead atoms. The van der Waals surface area contributed by atoms with Crippen molar-refractivity contribution < 1.29 is 34.1 Å². The van der Waals surface area contributed by atoms with Crippen LogP contribution in [0.3, 0.4) is 0 Å². The van der Waals surface area contributed by atoms with Gasteiger partial charge in [-0.3, -0.25) is 9.59 Å². The maximum absolute atomic E-state index is 13.1. The molecule has 2 amide bonds. The minimum Gasteiger partial charge on any atom is -0.493 e. The number of aliphatic hydroxyl groups excluding tert-OH is 1. The number of amides is 2. The first kappa shape index (κ1) is 35.2. The van der Waals surface area contributed by atoms with Gasteiger partial charge in [-0.2, -0.15) is 0 Å². The predicted octanol–water partition coefficient (Wildman–Crippen LogP) is 3.09. The molecule has 0 aliphatic heterocycles. The van der Waals surface area contributed by atoms with E-state index in [9.17, 15) is 24.8 Å². The monoisotopic (exact) mass is 594 g/mol. The van der Waals surface area contributed by atoms with Crippen LogP contribution in [-0.2, 0) is 14.4 Å². The van der Waals surface area contributed by atoms with Crippen molar-refractivity contribution in [1.82, 2.24) is 10.6 Å². The van der Waals surface area contributed by atoms with Gasteiger partial charge >= 0.3 is 0 Å². The van der Waals surface area contributed by atoms with Gasteiger partial charge in [0.1, 0.15) is 11.9 Å². The first-order valence-corrected chi connectivity index (χ1v) is 14.9. The third kappa shape index (κ3) is 11.0. The lowest BCUT2D eigenvalue weighted by molar-refractivity contribution is -0.769. The Hall–Kier alpha value is -2.96. The van der Waals surface area contributed by atoms with Crippen LogP contribution in [0.4, 0.5) is 0 Å². The van der Waals surface area contributed by atoms with E-state index in [4.69, 9.17) is 15.2 Å². The molecular formula is C30H50N4O8. The van der Waals surface area contributed by atoms with Gasteiger partial charge in [-0.1, -0.05) is 39.8 Å². The summed E-state index contributed by atoms with van der Waals surface area (Å²) in [5.41, 5.74) is 6.10. The topological polar surface area (TPSA) is 175 Å². The number of hydrogen-bond donors (Lipinski definition) is 4. The highest BCUT2D eigenvalue weighted by atomic mass is 17.0. The van der Waals surface area contributed by atoms with E-state index in [1.54, 1.807) is 25.3 Å². The number of ether oxygens (including phenoxy) is 2. The normalized spacial score (nSPS) is 19.4. The average molecular weight is 595 g/mol. The Morgan fingerprint density at radius 1 is 1.12 bits per heavy atom. The SMILES string of the molecule is COCCCOc1ccccc1C(=O)NC[C@@H](C[C@H](N)[C@@H](O)CNC(=O)C(C)(C)C1CCC(O[N+](=O)[O-])CC1)C(C)C. The van der Waals surface area contributed by atoms with Gasteiger partial charge < -0.3 is 35.8 Å². The van der Waals surface area contributed by atoms with E-state index >= 15 is 0 Å². The molecule has 0 heterocycles. The second kappa shape index (κ2) is 17.2. The average Bonchev–Trinajstić information content (AvgIpc) is 2.95. The third-order valence-corrected chi connectivity index (χ3v) is 8.41. The molecule has 42 heavy (non-hydrogen) atoms. The first-order valence-electron chi connectivity index (χ1n) is 14.9. The Bertz CT molecular complexity index is 997. The quantitative estimate of drug-likeness (QED) is 0.113. The molecule has 2 rings (SSSR count). The van der Waals surface area contributed by atoms with E-state index in [0.29, 0.717) is 69.6 Å². The number of nitrogens with two attached hydrogens (primary N) is 1. The lowest BCUT2D eigenvalue weighted by Gasteiger charge is -2.38. The minimum absolute atomic E-state index is 0.00269. The Balaban J connectivity index is 1.85. The fourth-order valence-electron chi connectivity index (χ4n) is 5.36. The van der Waals surface area contributed by atoms with Gasteiger partial charge in [0, 0.05) is 44.7 Å². The zero-order valence-electron chi connectivity index (χ0n) is 25.7. The fraction of sp³-hybridized carbons (Fsp3) is 0.733. The molecular weight excluding hydrogens is 544 g/mol. The van der Waals surface area contributed by atoms with Crippen LogP contribution in [0, 0.1) is 33.3 Å². The molecule has 238 valence electrons. The zero-order valence-corrected chi connectivity index (χ0v) is 25.7. The van der Waals surface area contributed by atoms with Gasteiger partial charge in [-0.25, -0.2) is 0 Å². The lowest BCUT2D eigenvalue weighted by atomic mass is 9.70. The van der Waals surface area contributed by atoms with E-state index in [1.165, 1.54) is 0 Å². The number of rotatable bonds is 18. The van der Waals surface area contributed by atoms with Crippen molar-refractivity contribution in [2.45, 2.75) is 84.5 Å². The number of nitrogens with zero attached hydrogens (tertiary/aromatic N) is 1. The molecule has 0 spiro atoms. The van der Waals surface area contributed by atoms with Crippen LogP contribution < -0.4 is 21.1 Å². The Kier molecular flexibility index (Phi) is 14.5. The second-order valence-corrected chi connectivity index (χ2v) is 12.1. The number of benzene rings is 1. The van der Waals surface area contributed by atoms with Gasteiger partial charge in [0.25, 0.3) is 11.0 Å². The van der Waals surface area contributed by atoms with Crippen LogP contribution in [0.25, 0.3) is 0 Å². The number of hydrogen-bond acceptors (Lipinski definition) is 9. The van der Waals surface area contributed by atoms with Gasteiger partial charge in [0.15, 0.2) is 0 Å². The van der Waals surface area contributed by atoms with Crippen LogP contribution in [-0.4, -0.2) is 73.7 Å². The number of carbonyl (C=O) groups is 2. The summed E-state index contributed by atoms with van der Waals surface area (Å²) in [5.74, 6) is 0.304. The Morgan fingerprint density at radius 3 is 2.40 bits per heavy atom. The van der Waals surface area contributed by atoms with Crippen molar-refractivity contribution in [1.29, 1.82) is 0 Å². The Labute approximate surface area is 249 Å². The maximum atomic E-state index is 13.1. The summed E-state index contributed by atoms with van der Waals surface area (Å²) < 4.78 is 10.8. The van der Waals surface area contributed by atoms with Crippen LogP contribution in [0.15, 0.2) is 24.3 Å². The van der Waals surface area contributed by atoms with Crippen molar-refractivity contribution in [3.8, 4) is 5.75 Å². The summed E-state index contributed by atoms with van der Waals surface area (Å²) in [6.45, 7) is 9.18. The highest BCUT2D eigenvalue weighted by Gasteiger charge is 2.39. The standard InChI is InChI=1S/C30H50N4O8/c1-20(2)21(18-32-28(36)24-9-6-7-10-27(24)41-16-8-15-40-5)17-25(31)26(35)19-33-29(37)30(3,4)22-11-13-23(14-12-22)42-34(38)39/h6-7,9-10,20-23,25-26,35H,8,11-19,31H2,1-5H3,(H,32,36)(H,33,37)/t21-,22?,23?,25+,26+/m1/s1. The number of aliphatic hydroxyl groups is 1. The highest BCUT2D eigenvalue weighted by molar-refractivity contribution is 5.96. The zero-order chi connectivity index (χ0) is 31.3. The number of nitrogens with one attached hydrogen (secondary N) is 2. The van der Waals surface area contributed by atoms with Crippen molar-refractivity contribution in [3.05, 3.63) is 39.9 Å². The number of carbonyl (C=O) groups excluding carboxylic acids is 2. The summed E-state index contributed by atoms with van der Waals surface area (Å²) in [7, 11) is 1.63. The molecule has 0 radical (unpaired) electrons. The van der Waals surface area contributed by atoms with Crippen molar-refractivity contribution in [3.63, 3.8) is 0 Å². The van der Waals surface area contributed by atoms with Gasteiger partial charge in [-0.05, 0) is 62.0 Å². The fourth-order valence-corrected chi connectivity index (χ4v) is 5.36. The first-order chi connectivity index (χ1) is 19.9. The van der Waals surface area contributed by atoms with Crippen molar-refractivity contribution >= 4 is 11.8 Å². The second-order valence-electron chi connectivity index (χ2n) is 12.1. The molecule has 1 saturated carbocycles. The van der Waals surface area contributed by atoms with Crippen LogP contribution >= 0.6 is 0 Å². The highest BCUT2D eigenvalue weighted by Crippen LogP contribution is 2.39. The Morgan fingerprint density at radius 2 is 1.79 bits per heavy atom. The molecule has 0 unspecified atom stereocenters. The molecule has 5 N–H and O–H groups in total. The molecule has 3 atom stereocenters. The molecule has 0 aromatic heterocycles. The molecule has 0 saturated heterocycles. The molecule has 12 nitrogen and oxygen atoms in total. The van der Waals surface area contributed by atoms with Crippen molar-refractivity contribution in [2.24, 2.45) is 28.9 Å². The van der Waals surface area contributed by atoms with E-state index in [-0.39, 0.29) is 36.1 Å². The van der Waals surface area contributed by atoms with Crippen LogP contribution in [0.2, 0.25) is 0 Å². The molecule has 12 heteroatoms. The smallest absolute Gasteiger partial charge is 0.294 e. The molecule has 1 aromatic rings. The van der Waals surface area contributed by atoms with Crippen LogP contribution in [0.5, 0.6) is 5.75 Å². The van der Waals surface area contributed by atoms with E-state index in [1.807, 2.05) is 33.8 Å². The van der Waals surface area contributed by atoms with Gasteiger partial charge in [0.2, 0.25) is 5.91 Å². The largest absolute Gasteiger partial charge is 0.493 e. The number of methoxy groups -OCH3 is 1. The van der Waals surface area contributed by atoms with Crippen molar-refractivity contribution in [2.75, 3.05) is 33.4 Å². The molecule has 1 aliphatic carbocycles. The molecule has 1 aromatic carbocycles. The summed E-state index contributed by atoms with van der Waals surface area (Å²) in [5, 5.41) is 26.5. The molecule has 1 fully saturated rings. The maximum Gasteiger partial charge on any atom is 0.294 e. The van der Waals surface area contributed by atoms with E-state index < -0.39 is 28.8 Å². The lowest BCUT2D eigenvalue weighted by Crippen LogP contribution is -2.50. The summed E-state index contributed by atoms with van der Waals surface area (Å²) in [6.07, 6.45) is 2.11. The van der Waals surface area contributed by atoms with Gasteiger partial charge in [0.05, 0.1) is 18.3 Å². The van der Waals surface area contributed by atoms with Crippen LogP contribution in [0.1, 0.15) is 76.6 Å². The summed E-state index contributed by atoms with van der Waals surface area (Å²) >= 11 is 0. The third-order valence-electron chi connectivity index (χ3n) is 8.41. The summed E-state index contributed by atoms with van der Waals surface area (Å²) in [6, 6.07) is 6.48. The predicted molar refractivity (Wildman–Crippen MR) is 158 cm³/mol. The van der Waals surface area contributed by atoms with E-state index in [0.717, 1.165) is 0 Å². The summed E-state index contributed by atoms with van der Waals surface area (Å²) in [4.78, 5) is 41.3. The minimum atomic E-state index is -0.966. The van der Waals surface area contributed by atoms with Gasteiger partial charge in [-0.15, -0.1) is 10.1 Å². The van der Waals surface area contributed by atoms with E-state index in [2.05, 4.69) is 15.5 Å². The molecule has 1 aliphatic rings.